The van der Waals surface area contributed by atoms with Gasteiger partial charge in [-0.3, -0.25) is 0 Å². The molecule has 0 unspecified atom stereocenters. The third-order valence-corrected chi connectivity index (χ3v) is 9.22. The molecular weight excluding hydrogens is 421 g/mol. The molecule has 0 atom stereocenters. The zero-order chi connectivity index (χ0) is 21.0. The van der Waals surface area contributed by atoms with E-state index in [1.54, 1.807) is 91.0 Å². The van der Waals surface area contributed by atoms with E-state index in [9.17, 15) is 21.6 Å². The summed E-state index contributed by atoms with van der Waals surface area (Å²) in [6, 6.07) is 25.9. The van der Waals surface area contributed by atoms with Gasteiger partial charge in [-0.25, -0.2) is 3.63 Å². The highest BCUT2D eigenvalue weighted by Gasteiger charge is 2.51. The molecular formula is C21H19F3O3S2. The molecule has 0 spiro atoms. The van der Waals surface area contributed by atoms with Crippen LogP contribution in [0.1, 0.15) is 11.1 Å². The minimum Gasteiger partial charge on any atom is -0.208 e. The molecule has 0 aliphatic carbocycles. The number of alkyl halides is 3. The lowest BCUT2D eigenvalue weighted by Crippen LogP contribution is -2.28. The van der Waals surface area contributed by atoms with E-state index >= 15 is 0 Å². The van der Waals surface area contributed by atoms with Crippen LogP contribution in [0.4, 0.5) is 13.2 Å². The van der Waals surface area contributed by atoms with Crippen molar-refractivity contribution in [3.8, 4) is 0 Å². The maximum absolute atomic E-state index is 13.3. The van der Waals surface area contributed by atoms with Gasteiger partial charge in [-0.15, -0.1) is 0 Å². The summed E-state index contributed by atoms with van der Waals surface area (Å²) in [5.74, 6) is 0.0596. The van der Waals surface area contributed by atoms with Crippen LogP contribution in [-0.2, 0) is 25.3 Å². The Morgan fingerprint density at radius 3 is 1.41 bits per heavy atom. The summed E-state index contributed by atoms with van der Waals surface area (Å²) < 4.78 is 69.1. The van der Waals surface area contributed by atoms with Gasteiger partial charge in [0.15, 0.2) is 0 Å². The Morgan fingerprint density at radius 1 is 0.655 bits per heavy atom. The average Bonchev–Trinajstić information content (AvgIpc) is 2.69. The molecule has 0 aromatic heterocycles. The first-order valence-corrected chi connectivity index (χ1v) is 12.0. The van der Waals surface area contributed by atoms with Crippen LogP contribution in [-0.4, -0.2) is 13.9 Å². The quantitative estimate of drug-likeness (QED) is 0.421. The van der Waals surface area contributed by atoms with E-state index in [0.717, 1.165) is 0 Å². The van der Waals surface area contributed by atoms with E-state index in [1.165, 1.54) is 0 Å². The van der Waals surface area contributed by atoms with Gasteiger partial charge < -0.3 is 0 Å². The van der Waals surface area contributed by atoms with E-state index in [-0.39, 0.29) is 11.5 Å². The highest BCUT2D eigenvalue weighted by atomic mass is 32.3. The summed E-state index contributed by atoms with van der Waals surface area (Å²) in [4.78, 5) is 0.431. The standard InChI is InChI=1S/C21H19F3O3S2/c22-21(23,24)29(25,26)27-28(20-14-8-3-9-15-20,16-18-10-4-1-5-11-18)17-19-12-6-2-7-13-19/h1-15H,16-17H2. The Balaban J connectivity index is 2.17. The first kappa shape index (κ1) is 21.4. The minimum absolute atomic E-state index is 0.0298. The molecule has 3 aromatic rings. The van der Waals surface area contributed by atoms with Gasteiger partial charge in [-0.05, 0) is 23.3 Å². The fourth-order valence-electron chi connectivity index (χ4n) is 2.87. The summed E-state index contributed by atoms with van der Waals surface area (Å²) in [6.45, 7) is 0. The molecule has 0 amide bonds. The second-order valence-corrected chi connectivity index (χ2v) is 10.9. The van der Waals surface area contributed by atoms with Crippen molar-refractivity contribution in [1.82, 2.24) is 0 Å². The Hall–Kier alpha value is -2.29. The summed E-state index contributed by atoms with van der Waals surface area (Å²) >= 11 is 0. The van der Waals surface area contributed by atoms with Crippen molar-refractivity contribution >= 4 is 20.4 Å². The number of hydrogen-bond donors (Lipinski definition) is 0. The van der Waals surface area contributed by atoms with Gasteiger partial charge in [-0.2, -0.15) is 21.6 Å². The van der Waals surface area contributed by atoms with E-state index in [0.29, 0.717) is 16.0 Å². The molecule has 0 saturated heterocycles. The van der Waals surface area contributed by atoms with Crippen LogP contribution in [0.15, 0.2) is 95.9 Å². The lowest BCUT2D eigenvalue weighted by Gasteiger charge is -2.39. The van der Waals surface area contributed by atoms with Gasteiger partial charge in [0, 0.05) is 16.4 Å². The maximum atomic E-state index is 13.3. The minimum atomic E-state index is -5.81. The number of halogens is 3. The van der Waals surface area contributed by atoms with Crippen LogP contribution < -0.4 is 0 Å². The largest absolute Gasteiger partial charge is 0.523 e. The normalized spacial score (nSPS) is 13.2. The Bertz CT molecular complexity index is 982. The molecule has 0 fully saturated rings. The Labute approximate surface area is 169 Å². The lowest BCUT2D eigenvalue weighted by molar-refractivity contribution is -0.0496. The summed E-state index contributed by atoms with van der Waals surface area (Å²) in [5.41, 5.74) is -4.12. The van der Waals surface area contributed by atoms with Gasteiger partial charge >= 0.3 is 15.6 Å². The molecule has 3 rings (SSSR count). The van der Waals surface area contributed by atoms with Crippen molar-refractivity contribution in [2.75, 3.05) is 0 Å². The molecule has 0 aliphatic heterocycles. The summed E-state index contributed by atoms with van der Waals surface area (Å²) in [6.07, 6.45) is 0. The molecule has 0 bridgehead atoms. The van der Waals surface area contributed by atoms with Gasteiger partial charge in [0.1, 0.15) is 0 Å². The van der Waals surface area contributed by atoms with Crippen LogP contribution in [0.2, 0.25) is 0 Å². The van der Waals surface area contributed by atoms with Crippen molar-refractivity contribution in [3.63, 3.8) is 0 Å². The van der Waals surface area contributed by atoms with Crippen LogP contribution in [0.25, 0.3) is 0 Å². The highest BCUT2D eigenvalue weighted by molar-refractivity contribution is 8.31. The molecule has 29 heavy (non-hydrogen) atoms. The monoisotopic (exact) mass is 440 g/mol. The summed E-state index contributed by atoms with van der Waals surface area (Å²) in [7, 11) is -8.74. The second kappa shape index (κ2) is 8.61. The van der Waals surface area contributed by atoms with E-state index in [2.05, 4.69) is 0 Å². The first-order valence-electron chi connectivity index (χ1n) is 8.66. The smallest absolute Gasteiger partial charge is 0.208 e. The third-order valence-electron chi connectivity index (χ3n) is 4.16. The average molecular weight is 441 g/mol. The van der Waals surface area contributed by atoms with Crippen LogP contribution in [0.3, 0.4) is 0 Å². The number of benzene rings is 3. The second-order valence-electron chi connectivity index (χ2n) is 6.35. The Morgan fingerprint density at radius 2 is 1.03 bits per heavy atom. The molecule has 154 valence electrons. The van der Waals surface area contributed by atoms with Gasteiger partial charge in [0.25, 0.3) is 0 Å². The SMILES string of the molecule is O=S(=O)(OS(Cc1ccccc1)(Cc1ccccc1)c1ccccc1)C(F)(F)F. The van der Waals surface area contributed by atoms with Crippen LogP contribution >= 0.6 is 10.3 Å². The number of hydrogen-bond acceptors (Lipinski definition) is 3. The molecule has 0 heterocycles. The van der Waals surface area contributed by atoms with Crippen molar-refractivity contribution in [2.24, 2.45) is 0 Å². The zero-order valence-corrected chi connectivity index (χ0v) is 16.9. The topological polar surface area (TPSA) is 43.4 Å². The Kier molecular flexibility index (Phi) is 6.36. The van der Waals surface area contributed by atoms with Crippen LogP contribution in [0.5, 0.6) is 0 Å². The zero-order valence-electron chi connectivity index (χ0n) is 15.2. The lowest BCUT2D eigenvalue weighted by atomic mass is 10.2. The summed E-state index contributed by atoms with van der Waals surface area (Å²) in [5, 5.41) is 0. The molecule has 3 aromatic carbocycles. The van der Waals surface area contributed by atoms with E-state index in [1.807, 2.05) is 0 Å². The highest BCUT2D eigenvalue weighted by Crippen LogP contribution is 2.63. The maximum Gasteiger partial charge on any atom is 0.523 e. The molecule has 0 N–H and O–H groups in total. The predicted octanol–water partition coefficient (Wildman–Crippen LogP) is 6.03. The molecule has 0 aliphatic rings. The fourth-order valence-corrected chi connectivity index (χ4v) is 7.80. The molecule has 0 saturated carbocycles. The van der Waals surface area contributed by atoms with Gasteiger partial charge in [0.05, 0.1) is 0 Å². The van der Waals surface area contributed by atoms with E-state index in [4.69, 9.17) is 3.63 Å². The molecule has 0 radical (unpaired) electrons. The third kappa shape index (κ3) is 5.20. The molecule has 8 heteroatoms. The van der Waals surface area contributed by atoms with Crippen molar-refractivity contribution in [2.45, 2.75) is 21.9 Å². The van der Waals surface area contributed by atoms with Crippen molar-refractivity contribution in [3.05, 3.63) is 102 Å². The van der Waals surface area contributed by atoms with Gasteiger partial charge in [-0.1, -0.05) is 89.2 Å². The predicted molar refractivity (Wildman–Crippen MR) is 109 cm³/mol. The fraction of sp³-hybridized carbons (Fsp3) is 0.143. The van der Waals surface area contributed by atoms with Gasteiger partial charge in [0.2, 0.25) is 0 Å². The first-order chi connectivity index (χ1) is 13.7. The van der Waals surface area contributed by atoms with Crippen molar-refractivity contribution < 1.29 is 25.2 Å². The van der Waals surface area contributed by atoms with E-state index < -0.39 is 25.9 Å². The molecule has 3 nitrogen and oxygen atoms in total. The van der Waals surface area contributed by atoms with Crippen molar-refractivity contribution in [1.29, 1.82) is 0 Å². The number of rotatable bonds is 7. The van der Waals surface area contributed by atoms with Crippen LogP contribution in [0, 0.1) is 0 Å².